The van der Waals surface area contributed by atoms with Gasteiger partial charge < -0.3 is 20.7 Å². The van der Waals surface area contributed by atoms with Gasteiger partial charge in [-0.2, -0.15) is 0 Å². The van der Waals surface area contributed by atoms with Gasteiger partial charge in [0.2, 0.25) is 0 Å². The molecule has 0 unspecified atom stereocenters. The van der Waals surface area contributed by atoms with Crippen molar-refractivity contribution in [1.29, 1.82) is 0 Å². The van der Waals surface area contributed by atoms with Gasteiger partial charge in [0, 0.05) is 12.5 Å². The summed E-state index contributed by atoms with van der Waals surface area (Å²) in [5.41, 5.74) is 5.15. The molecule has 4 heteroatoms. The van der Waals surface area contributed by atoms with Gasteiger partial charge in [-0.3, -0.25) is 0 Å². The number of rotatable bonds is 6. The fourth-order valence-electron chi connectivity index (χ4n) is 0.496. The molecule has 0 bridgehead atoms. The molecule has 0 heterocycles. The van der Waals surface area contributed by atoms with Crippen LogP contribution in [0.4, 0.5) is 0 Å². The van der Waals surface area contributed by atoms with E-state index < -0.39 is 0 Å². The largest absolute Gasteiger partial charge is 0.396 e. The molecule has 0 aromatic rings. The fourth-order valence-corrected chi connectivity index (χ4v) is 0.496. The Balaban J connectivity index is 3.09. The molecule has 0 spiro atoms. The highest BCUT2D eigenvalue weighted by Crippen LogP contribution is 1.92. The van der Waals surface area contributed by atoms with Gasteiger partial charge in [-0.15, -0.1) is 0 Å². The van der Waals surface area contributed by atoms with E-state index in [-0.39, 0.29) is 19.1 Å². The molecule has 0 aliphatic rings. The number of hydrogen-bond donors (Lipinski definition) is 3. The van der Waals surface area contributed by atoms with E-state index in [9.17, 15) is 0 Å². The number of ether oxygens (including phenoxy) is 1. The fraction of sp³-hybridized carbons (Fsp3) is 1.00. The van der Waals surface area contributed by atoms with Crippen LogP contribution in [0.3, 0.4) is 0 Å². The zero-order valence-corrected chi connectivity index (χ0v) is 5.99. The summed E-state index contributed by atoms with van der Waals surface area (Å²) in [7, 11) is 0. The minimum atomic E-state index is -0.161. The molecular weight excluding hydrogens is 134 g/mol. The van der Waals surface area contributed by atoms with Crippen molar-refractivity contribution < 1.29 is 14.9 Å². The van der Waals surface area contributed by atoms with Crippen molar-refractivity contribution in [3.63, 3.8) is 0 Å². The first-order valence-corrected chi connectivity index (χ1v) is 3.34. The molecule has 0 fully saturated rings. The van der Waals surface area contributed by atoms with E-state index in [1.54, 1.807) is 0 Å². The maximum atomic E-state index is 8.55. The molecular formula is C6H15NO3. The first kappa shape index (κ1) is 9.84. The Morgan fingerprint density at radius 3 is 2.30 bits per heavy atom. The van der Waals surface area contributed by atoms with E-state index in [1.165, 1.54) is 0 Å². The van der Waals surface area contributed by atoms with Crippen LogP contribution in [0.5, 0.6) is 0 Å². The van der Waals surface area contributed by atoms with Crippen LogP contribution >= 0.6 is 0 Å². The summed E-state index contributed by atoms with van der Waals surface area (Å²) in [6.45, 7) is 1.26. The van der Waals surface area contributed by atoms with Crippen LogP contribution in [0.2, 0.25) is 0 Å². The van der Waals surface area contributed by atoms with Crippen molar-refractivity contribution in [3.8, 4) is 0 Å². The summed E-state index contributed by atoms with van der Waals surface area (Å²) in [6, 6.07) is 0. The van der Waals surface area contributed by atoms with Crippen LogP contribution in [-0.2, 0) is 4.74 Å². The minimum absolute atomic E-state index is 0.0406. The van der Waals surface area contributed by atoms with E-state index in [0.717, 1.165) is 0 Å². The van der Waals surface area contributed by atoms with Crippen LogP contribution < -0.4 is 5.73 Å². The smallest absolute Gasteiger partial charge is 0.0588 e. The van der Waals surface area contributed by atoms with Gasteiger partial charge in [-0.1, -0.05) is 0 Å². The molecule has 0 saturated carbocycles. The normalized spacial score (nSPS) is 10.8. The quantitative estimate of drug-likeness (QED) is 0.404. The number of aliphatic hydroxyl groups is 2. The Kier molecular flexibility index (Phi) is 6.84. The molecule has 0 saturated heterocycles. The van der Waals surface area contributed by atoms with E-state index in [0.29, 0.717) is 19.8 Å². The van der Waals surface area contributed by atoms with Gasteiger partial charge in [0.25, 0.3) is 0 Å². The summed E-state index contributed by atoms with van der Waals surface area (Å²) >= 11 is 0. The van der Waals surface area contributed by atoms with Crippen molar-refractivity contribution in [1.82, 2.24) is 0 Å². The second kappa shape index (κ2) is 6.95. The van der Waals surface area contributed by atoms with Gasteiger partial charge in [0.05, 0.1) is 26.4 Å². The van der Waals surface area contributed by atoms with Crippen molar-refractivity contribution in [2.24, 2.45) is 11.7 Å². The molecule has 0 atom stereocenters. The maximum absolute atomic E-state index is 8.55. The van der Waals surface area contributed by atoms with Gasteiger partial charge in [0.1, 0.15) is 0 Å². The maximum Gasteiger partial charge on any atom is 0.0588 e. The molecule has 0 aromatic heterocycles. The molecule has 0 radical (unpaired) electrons. The molecule has 10 heavy (non-hydrogen) atoms. The van der Waals surface area contributed by atoms with Gasteiger partial charge >= 0.3 is 0 Å². The van der Waals surface area contributed by atoms with Crippen molar-refractivity contribution in [2.75, 3.05) is 33.0 Å². The average molecular weight is 149 g/mol. The molecule has 0 aliphatic carbocycles. The highest BCUT2D eigenvalue weighted by Gasteiger charge is 2.03. The molecule has 0 aromatic carbocycles. The Morgan fingerprint density at radius 2 is 1.90 bits per heavy atom. The van der Waals surface area contributed by atoms with Crippen LogP contribution in [0.15, 0.2) is 0 Å². The monoisotopic (exact) mass is 149 g/mol. The minimum Gasteiger partial charge on any atom is -0.396 e. The third-order valence-electron chi connectivity index (χ3n) is 1.13. The molecule has 4 nitrogen and oxygen atoms in total. The van der Waals surface area contributed by atoms with E-state index in [2.05, 4.69) is 0 Å². The van der Waals surface area contributed by atoms with Gasteiger partial charge in [-0.05, 0) is 0 Å². The molecule has 4 N–H and O–H groups in total. The second-order valence-electron chi connectivity index (χ2n) is 2.09. The summed E-state index contributed by atoms with van der Waals surface area (Å²) in [5.74, 6) is -0.161. The number of aliphatic hydroxyl groups excluding tert-OH is 2. The summed E-state index contributed by atoms with van der Waals surface area (Å²) < 4.78 is 4.98. The zero-order chi connectivity index (χ0) is 7.82. The zero-order valence-electron chi connectivity index (χ0n) is 5.99. The molecule has 0 aliphatic heterocycles. The summed E-state index contributed by atoms with van der Waals surface area (Å²) in [5, 5.41) is 17.1. The van der Waals surface area contributed by atoms with E-state index >= 15 is 0 Å². The number of nitrogens with two attached hydrogens (primary N) is 1. The Bertz CT molecular complexity index is 66.0. The average Bonchev–Trinajstić information content (AvgIpc) is 1.99. The van der Waals surface area contributed by atoms with Gasteiger partial charge in [0.15, 0.2) is 0 Å². The molecule has 0 amide bonds. The second-order valence-corrected chi connectivity index (χ2v) is 2.09. The van der Waals surface area contributed by atoms with Crippen molar-refractivity contribution >= 4 is 0 Å². The Labute approximate surface area is 60.6 Å². The topological polar surface area (TPSA) is 75.7 Å². The lowest BCUT2D eigenvalue weighted by Gasteiger charge is -2.09. The van der Waals surface area contributed by atoms with Crippen LogP contribution in [-0.4, -0.2) is 43.2 Å². The van der Waals surface area contributed by atoms with Crippen LogP contribution in [0.1, 0.15) is 0 Å². The third-order valence-corrected chi connectivity index (χ3v) is 1.13. The lowest BCUT2D eigenvalue weighted by atomic mass is 10.2. The Hall–Kier alpha value is -0.160. The van der Waals surface area contributed by atoms with Crippen LogP contribution in [0.25, 0.3) is 0 Å². The predicted octanol–water partition coefficient (Wildman–Crippen LogP) is -1.44. The van der Waals surface area contributed by atoms with Crippen molar-refractivity contribution in [3.05, 3.63) is 0 Å². The van der Waals surface area contributed by atoms with Crippen molar-refractivity contribution in [2.45, 2.75) is 0 Å². The Morgan fingerprint density at radius 1 is 1.30 bits per heavy atom. The predicted molar refractivity (Wildman–Crippen MR) is 37.5 cm³/mol. The summed E-state index contributed by atoms with van der Waals surface area (Å²) in [6.07, 6.45) is 0. The van der Waals surface area contributed by atoms with E-state index in [1.807, 2.05) is 0 Å². The lowest BCUT2D eigenvalue weighted by Crippen LogP contribution is -2.20. The SMILES string of the molecule is NCCOCC(CO)CO. The lowest BCUT2D eigenvalue weighted by molar-refractivity contribution is 0.0484. The first-order chi connectivity index (χ1) is 4.85. The highest BCUT2D eigenvalue weighted by molar-refractivity contribution is 4.52. The molecule has 0 rings (SSSR count). The first-order valence-electron chi connectivity index (χ1n) is 3.34. The standard InChI is InChI=1S/C6H15NO3/c7-1-2-10-5-6(3-8)4-9/h6,8-9H,1-5,7H2. The molecule has 62 valence electrons. The number of hydrogen-bond acceptors (Lipinski definition) is 4. The van der Waals surface area contributed by atoms with E-state index in [4.69, 9.17) is 20.7 Å². The van der Waals surface area contributed by atoms with Gasteiger partial charge in [-0.25, -0.2) is 0 Å². The third kappa shape index (κ3) is 4.69. The van der Waals surface area contributed by atoms with Crippen LogP contribution in [0, 0.1) is 5.92 Å². The summed E-state index contributed by atoms with van der Waals surface area (Å²) in [4.78, 5) is 0. The highest BCUT2D eigenvalue weighted by atomic mass is 16.5.